The molecule has 5 heteroatoms. The number of nitrogens with one attached hydrogen (secondary N) is 1. The van der Waals surface area contributed by atoms with Gasteiger partial charge in [0.25, 0.3) is 0 Å². The molecule has 0 aliphatic carbocycles. The van der Waals surface area contributed by atoms with E-state index < -0.39 is 0 Å². The lowest BCUT2D eigenvalue weighted by Gasteiger charge is -2.13. The molecule has 3 N–H and O–H groups in total. The molecule has 1 aliphatic heterocycles. The normalized spacial score (nSPS) is 19.2. The van der Waals surface area contributed by atoms with E-state index >= 15 is 0 Å². The highest BCUT2D eigenvalue weighted by Crippen LogP contribution is 2.28. The monoisotopic (exact) mass is 286 g/mol. The third-order valence-corrected chi connectivity index (χ3v) is 4.74. The molecule has 1 atom stereocenters. The number of thioether (sulfide) groups is 1. The lowest BCUT2D eigenvalue weighted by atomic mass is 10.2. The molecule has 17 heavy (non-hydrogen) atoms. The van der Waals surface area contributed by atoms with Crippen molar-refractivity contribution in [3.8, 4) is 0 Å². The van der Waals surface area contributed by atoms with Crippen LogP contribution in [0.5, 0.6) is 0 Å². The number of rotatable bonds is 4. The smallest absolute Gasteiger partial charge is 0.104 e. The van der Waals surface area contributed by atoms with Gasteiger partial charge >= 0.3 is 0 Å². The van der Waals surface area contributed by atoms with E-state index in [1.165, 1.54) is 18.6 Å². The number of thiocarbonyl (C=S) groups is 1. The van der Waals surface area contributed by atoms with Gasteiger partial charge in [-0.1, -0.05) is 23.8 Å². The summed E-state index contributed by atoms with van der Waals surface area (Å²) in [6, 6.07) is 5.66. The maximum absolute atomic E-state index is 6.17. The Hall–Kier alpha value is -0.450. The predicted molar refractivity (Wildman–Crippen MR) is 81.3 cm³/mol. The maximum atomic E-state index is 6.17. The molecule has 0 amide bonds. The summed E-state index contributed by atoms with van der Waals surface area (Å²) in [5.41, 5.74) is 7.32. The van der Waals surface area contributed by atoms with Crippen LogP contribution < -0.4 is 11.1 Å². The fourth-order valence-corrected chi connectivity index (χ4v) is 3.42. The molecular formula is C12H15ClN2S2. The predicted octanol–water partition coefficient (Wildman–Crippen LogP) is 3.28. The Balaban J connectivity index is 1.98. The zero-order valence-corrected chi connectivity index (χ0v) is 11.8. The van der Waals surface area contributed by atoms with Gasteiger partial charge in [0.2, 0.25) is 0 Å². The lowest BCUT2D eigenvalue weighted by Crippen LogP contribution is -2.14. The summed E-state index contributed by atoms with van der Waals surface area (Å²) in [6.45, 7) is 0.969. The quantitative estimate of drug-likeness (QED) is 0.833. The van der Waals surface area contributed by atoms with Crippen molar-refractivity contribution in [2.75, 3.05) is 17.6 Å². The Morgan fingerprint density at radius 3 is 3.00 bits per heavy atom. The van der Waals surface area contributed by atoms with Crippen LogP contribution in [0.4, 0.5) is 5.69 Å². The molecule has 1 aliphatic rings. The Morgan fingerprint density at radius 2 is 2.41 bits per heavy atom. The molecule has 0 aromatic heterocycles. The average Bonchev–Trinajstić information content (AvgIpc) is 2.80. The molecule has 0 saturated carbocycles. The van der Waals surface area contributed by atoms with Crippen molar-refractivity contribution in [1.82, 2.24) is 0 Å². The summed E-state index contributed by atoms with van der Waals surface area (Å²) >= 11 is 13.1. The maximum Gasteiger partial charge on any atom is 0.104 e. The van der Waals surface area contributed by atoms with Crippen LogP contribution in [-0.4, -0.2) is 22.5 Å². The summed E-state index contributed by atoms with van der Waals surface area (Å²) in [5.74, 6) is 1.28. The first-order chi connectivity index (χ1) is 8.16. The van der Waals surface area contributed by atoms with Crippen molar-refractivity contribution < 1.29 is 0 Å². The molecule has 1 unspecified atom stereocenters. The first-order valence-corrected chi connectivity index (χ1v) is 7.45. The van der Waals surface area contributed by atoms with Crippen molar-refractivity contribution in [3.05, 3.63) is 28.8 Å². The van der Waals surface area contributed by atoms with Gasteiger partial charge in [-0.25, -0.2) is 0 Å². The van der Waals surface area contributed by atoms with Crippen LogP contribution in [0.2, 0.25) is 5.02 Å². The molecule has 1 aromatic rings. The summed E-state index contributed by atoms with van der Waals surface area (Å²) in [7, 11) is 0. The largest absolute Gasteiger partial charge is 0.389 e. The van der Waals surface area contributed by atoms with Crippen molar-refractivity contribution in [2.24, 2.45) is 5.73 Å². The minimum Gasteiger partial charge on any atom is -0.389 e. The average molecular weight is 287 g/mol. The second kappa shape index (κ2) is 5.94. The van der Waals surface area contributed by atoms with Crippen LogP contribution in [0.1, 0.15) is 18.4 Å². The van der Waals surface area contributed by atoms with Gasteiger partial charge in [-0.2, -0.15) is 11.8 Å². The second-order valence-electron chi connectivity index (χ2n) is 4.07. The fourth-order valence-electron chi connectivity index (χ4n) is 1.84. The summed E-state index contributed by atoms with van der Waals surface area (Å²) in [4.78, 5) is 0.379. The molecule has 0 bridgehead atoms. The zero-order valence-electron chi connectivity index (χ0n) is 9.41. The third-order valence-electron chi connectivity index (χ3n) is 2.80. The first-order valence-electron chi connectivity index (χ1n) is 5.61. The van der Waals surface area contributed by atoms with E-state index in [2.05, 4.69) is 5.32 Å². The van der Waals surface area contributed by atoms with Gasteiger partial charge in [-0.3, -0.25) is 0 Å². The topological polar surface area (TPSA) is 38.0 Å². The second-order valence-corrected chi connectivity index (χ2v) is 6.33. The number of anilines is 1. The van der Waals surface area contributed by atoms with Gasteiger partial charge in [0, 0.05) is 17.4 Å². The number of hydrogen-bond donors (Lipinski definition) is 2. The number of benzene rings is 1. The minimum atomic E-state index is 0.379. The highest BCUT2D eigenvalue weighted by atomic mass is 35.5. The van der Waals surface area contributed by atoms with Gasteiger partial charge in [-0.05, 0) is 36.8 Å². The van der Waals surface area contributed by atoms with Gasteiger partial charge in [0.15, 0.2) is 0 Å². The van der Waals surface area contributed by atoms with E-state index in [0.29, 0.717) is 15.3 Å². The fraction of sp³-hybridized carbons (Fsp3) is 0.417. The van der Waals surface area contributed by atoms with Gasteiger partial charge in [-0.15, -0.1) is 0 Å². The van der Waals surface area contributed by atoms with Crippen molar-refractivity contribution in [1.29, 1.82) is 0 Å². The molecule has 1 aromatic carbocycles. The highest BCUT2D eigenvalue weighted by Gasteiger charge is 2.15. The van der Waals surface area contributed by atoms with E-state index in [1.54, 1.807) is 0 Å². The van der Waals surface area contributed by atoms with Crippen molar-refractivity contribution >= 4 is 46.3 Å². The molecule has 0 radical (unpaired) electrons. The standard InChI is InChI=1S/C12H15ClN2S2/c13-10-6-8(12(14)16)3-4-11(10)15-7-9-2-1-5-17-9/h3-4,6,9,15H,1-2,5,7H2,(H2,14,16). The van der Waals surface area contributed by atoms with Crippen molar-refractivity contribution in [2.45, 2.75) is 18.1 Å². The van der Waals surface area contributed by atoms with Gasteiger partial charge < -0.3 is 11.1 Å². The molecule has 1 saturated heterocycles. The number of nitrogens with two attached hydrogens (primary N) is 1. The Labute approximate surface area is 116 Å². The molecule has 2 nitrogen and oxygen atoms in total. The molecule has 2 rings (SSSR count). The van der Waals surface area contributed by atoms with Crippen LogP contribution in [0.25, 0.3) is 0 Å². The van der Waals surface area contributed by atoms with Crippen LogP contribution >= 0.6 is 35.6 Å². The first kappa shape index (κ1) is 13.0. The summed E-state index contributed by atoms with van der Waals surface area (Å²) in [5, 5.41) is 4.77. The van der Waals surface area contributed by atoms with E-state index in [0.717, 1.165) is 17.8 Å². The highest BCUT2D eigenvalue weighted by molar-refractivity contribution is 8.00. The third kappa shape index (κ3) is 3.50. The Kier molecular flexibility index (Phi) is 4.54. The van der Waals surface area contributed by atoms with Gasteiger partial charge in [0.05, 0.1) is 10.7 Å². The Bertz CT molecular complexity index is 417. The molecule has 92 valence electrons. The SMILES string of the molecule is NC(=S)c1ccc(NCC2CCCS2)c(Cl)c1. The van der Waals surface area contributed by atoms with E-state index in [1.807, 2.05) is 30.0 Å². The Morgan fingerprint density at radius 1 is 1.59 bits per heavy atom. The summed E-state index contributed by atoms with van der Waals surface area (Å²) in [6.07, 6.45) is 2.62. The lowest BCUT2D eigenvalue weighted by molar-refractivity contribution is 0.805. The molecule has 1 fully saturated rings. The van der Waals surface area contributed by atoms with E-state index in [4.69, 9.17) is 29.6 Å². The molecule has 0 spiro atoms. The minimum absolute atomic E-state index is 0.379. The number of halogens is 1. The van der Waals surface area contributed by atoms with Crippen LogP contribution in [0, 0.1) is 0 Å². The van der Waals surface area contributed by atoms with E-state index in [-0.39, 0.29) is 0 Å². The van der Waals surface area contributed by atoms with Crippen molar-refractivity contribution in [3.63, 3.8) is 0 Å². The zero-order chi connectivity index (χ0) is 12.3. The van der Waals surface area contributed by atoms with Gasteiger partial charge in [0.1, 0.15) is 4.99 Å². The van der Waals surface area contributed by atoms with Crippen LogP contribution in [0.15, 0.2) is 18.2 Å². The van der Waals surface area contributed by atoms with E-state index in [9.17, 15) is 0 Å². The molecule has 1 heterocycles. The van der Waals surface area contributed by atoms with Crippen LogP contribution in [0.3, 0.4) is 0 Å². The number of hydrogen-bond acceptors (Lipinski definition) is 3. The molecular weight excluding hydrogens is 272 g/mol. The summed E-state index contributed by atoms with van der Waals surface area (Å²) < 4.78 is 0. The van der Waals surface area contributed by atoms with Crippen LogP contribution in [-0.2, 0) is 0 Å².